The van der Waals surface area contributed by atoms with Crippen LogP contribution in [-0.4, -0.2) is 25.2 Å². The molecule has 5 heteroatoms. The maximum absolute atomic E-state index is 12.1. The molecule has 0 atom stereocenters. The van der Waals surface area contributed by atoms with E-state index >= 15 is 0 Å². The number of carbonyl (C=O) groups excluding carboxylic acids is 2. The third-order valence-corrected chi connectivity index (χ3v) is 3.00. The molecule has 0 N–H and O–H groups in total. The molecule has 104 valence electrons. The lowest BCUT2D eigenvalue weighted by atomic mass is 9.82. The number of hydrogen-bond donors (Lipinski definition) is 0. The minimum Gasteiger partial charge on any atom is -0.465 e. The summed E-state index contributed by atoms with van der Waals surface area (Å²) < 4.78 is 9.97. The summed E-state index contributed by atoms with van der Waals surface area (Å²) in [5, 5.41) is 0.442. The Morgan fingerprint density at radius 1 is 1.16 bits per heavy atom. The van der Waals surface area contributed by atoms with Gasteiger partial charge in [0.15, 0.2) is 5.41 Å². The number of ether oxygens (including phenoxy) is 2. The van der Waals surface area contributed by atoms with Crippen molar-refractivity contribution in [2.45, 2.75) is 26.2 Å². The van der Waals surface area contributed by atoms with Crippen molar-refractivity contribution in [2.24, 2.45) is 0 Å². The zero-order chi connectivity index (χ0) is 14.5. The van der Waals surface area contributed by atoms with Crippen LogP contribution in [0.5, 0.6) is 0 Å². The van der Waals surface area contributed by atoms with Crippen molar-refractivity contribution >= 4 is 23.5 Å². The summed E-state index contributed by atoms with van der Waals surface area (Å²) in [6, 6.07) is 6.56. The summed E-state index contributed by atoms with van der Waals surface area (Å²) in [6.45, 7) is 5.22. The average Bonchev–Trinajstić information content (AvgIpc) is 2.38. The van der Waals surface area contributed by atoms with Crippen LogP contribution in [0.4, 0.5) is 0 Å². The fourth-order valence-electron chi connectivity index (χ4n) is 1.67. The fourth-order valence-corrected chi connectivity index (χ4v) is 1.86. The van der Waals surface area contributed by atoms with E-state index < -0.39 is 17.4 Å². The Balaban J connectivity index is 3.25. The van der Waals surface area contributed by atoms with Gasteiger partial charge in [-0.1, -0.05) is 23.7 Å². The standard InChI is InChI=1S/C14H17ClO4/c1-4-18-12(16)14(3,13(17)19-5-2)10-7-6-8-11(15)9-10/h6-9H,4-5H2,1-3H3. The Hall–Kier alpha value is -1.55. The zero-order valence-corrected chi connectivity index (χ0v) is 12.0. The Kier molecular flexibility index (Phi) is 5.36. The Morgan fingerprint density at radius 3 is 2.11 bits per heavy atom. The molecule has 4 nitrogen and oxygen atoms in total. The highest BCUT2D eigenvalue weighted by molar-refractivity contribution is 6.30. The van der Waals surface area contributed by atoms with Gasteiger partial charge in [0.1, 0.15) is 0 Å². The van der Waals surface area contributed by atoms with Crippen LogP contribution >= 0.6 is 11.6 Å². The number of rotatable bonds is 5. The summed E-state index contributed by atoms with van der Waals surface area (Å²) >= 11 is 5.91. The second-order valence-corrected chi connectivity index (χ2v) is 4.51. The maximum atomic E-state index is 12.1. The first-order chi connectivity index (χ1) is 8.96. The molecule has 0 saturated carbocycles. The first-order valence-corrected chi connectivity index (χ1v) is 6.45. The predicted molar refractivity (Wildman–Crippen MR) is 72.1 cm³/mol. The third kappa shape index (κ3) is 3.26. The second-order valence-electron chi connectivity index (χ2n) is 4.08. The van der Waals surface area contributed by atoms with Gasteiger partial charge in [-0.05, 0) is 38.5 Å². The lowest BCUT2D eigenvalue weighted by molar-refractivity contribution is -0.163. The van der Waals surface area contributed by atoms with Gasteiger partial charge in [-0.2, -0.15) is 0 Å². The van der Waals surface area contributed by atoms with Gasteiger partial charge in [-0.3, -0.25) is 9.59 Å². The number of hydrogen-bond acceptors (Lipinski definition) is 4. The molecule has 0 aromatic heterocycles. The summed E-state index contributed by atoms with van der Waals surface area (Å²) in [6.07, 6.45) is 0. The first-order valence-electron chi connectivity index (χ1n) is 6.07. The van der Waals surface area contributed by atoms with Gasteiger partial charge in [0, 0.05) is 5.02 Å². The largest absolute Gasteiger partial charge is 0.465 e. The highest BCUT2D eigenvalue weighted by atomic mass is 35.5. The van der Waals surface area contributed by atoms with Crippen LogP contribution in [0.25, 0.3) is 0 Å². The number of benzene rings is 1. The van der Waals surface area contributed by atoms with Crippen molar-refractivity contribution in [1.82, 2.24) is 0 Å². The van der Waals surface area contributed by atoms with Gasteiger partial charge in [0.05, 0.1) is 13.2 Å². The topological polar surface area (TPSA) is 52.6 Å². The van der Waals surface area contributed by atoms with E-state index in [1.807, 2.05) is 0 Å². The molecule has 1 rings (SSSR count). The molecular formula is C14H17ClO4. The SMILES string of the molecule is CCOC(=O)C(C)(C(=O)OCC)c1cccc(Cl)c1. The molecule has 0 fully saturated rings. The van der Waals surface area contributed by atoms with E-state index in [2.05, 4.69) is 0 Å². The van der Waals surface area contributed by atoms with E-state index in [1.54, 1.807) is 38.1 Å². The fraction of sp³-hybridized carbons (Fsp3) is 0.429. The lowest BCUT2D eigenvalue weighted by Gasteiger charge is -2.25. The minimum absolute atomic E-state index is 0.189. The van der Waals surface area contributed by atoms with E-state index in [0.29, 0.717) is 10.6 Å². The van der Waals surface area contributed by atoms with Gasteiger partial charge in [-0.15, -0.1) is 0 Å². The smallest absolute Gasteiger partial charge is 0.327 e. The van der Waals surface area contributed by atoms with Gasteiger partial charge >= 0.3 is 11.9 Å². The van der Waals surface area contributed by atoms with Crippen molar-refractivity contribution < 1.29 is 19.1 Å². The lowest BCUT2D eigenvalue weighted by Crippen LogP contribution is -2.43. The average molecular weight is 285 g/mol. The summed E-state index contributed by atoms with van der Waals surface area (Å²) in [7, 11) is 0. The Bertz CT molecular complexity index is 452. The van der Waals surface area contributed by atoms with Gasteiger partial charge in [0.2, 0.25) is 0 Å². The minimum atomic E-state index is -1.50. The molecule has 0 aliphatic heterocycles. The molecule has 0 unspecified atom stereocenters. The van der Waals surface area contributed by atoms with Crippen molar-refractivity contribution in [3.05, 3.63) is 34.9 Å². The molecule has 0 radical (unpaired) electrons. The molecule has 0 aliphatic rings. The van der Waals surface area contributed by atoms with Crippen LogP contribution in [0.3, 0.4) is 0 Å². The Morgan fingerprint density at radius 2 is 1.68 bits per heavy atom. The molecule has 0 bridgehead atoms. The van der Waals surface area contributed by atoms with E-state index in [-0.39, 0.29) is 13.2 Å². The molecule has 0 amide bonds. The van der Waals surface area contributed by atoms with Gasteiger partial charge < -0.3 is 9.47 Å². The molecule has 0 saturated heterocycles. The van der Waals surface area contributed by atoms with E-state index in [9.17, 15) is 9.59 Å². The molecule has 19 heavy (non-hydrogen) atoms. The first kappa shape index (κ1) is 15.5. The molecule has 0 aliphatic carbocycles. The molecule has 1 aromatic rings. The maximum Gasteiger partial charge on any atom is 0.327 e. The van der Waals surface area contributed by atoms with E-state index in [0.717, 1.165) is 0 Å². The predicted octanol–water partition coefficient (Wildman–Crippen LogP) is 2.72. The monoisotopic (exact) mass is 284 g/mol. The van der Waals surface area contributed by atoms with Crippen LogP contribution in [0.1, 0.15) is 26.3 Å². The molecule has 0 heterocycles. The molecular weight excluding hydrogens is 268 g/mol. The van der Waals surface area contributed by atoms with Crippen molar-refractivity contribution in [2.75, 3.05) is 13.2 Å². The van der Waals surface area contributed by atoms with E-state index in [4.69, 9.17) is 21.1 Å². The second kappa shape index (κ2) is 6.57. The van der Waals surface area contributed by atoms with Crippen LogP contribution in [0.2, 0.25) is 5.02 Å². The number of halogens is 1. The quantitative estimate of drug-likeness (QED) is 0.616. The van der Waals surface area contributed by atoms with Gasteiger partial charge in [-0.25, -0.2) is 0 Å². The molecule has 0 spiro atoms. The number of carbonyl (C=O) groups is 2. The Labute approximate surface area is 117 Å². The van der Waals surface area contributed by atoms with Crippen molar-refractivity contribution in [3.8, 4) is 0 Å². The van der Waals surface area contributed by atoms with Crippen LogP contribution in [0.15, 0.2) is 24.3 Å². The third-order valence-electron chi connectivity index (χ3n) is 2.77. The summed E-state index contributed by atoms with van der Waals surface area (Å²) in [4.78, 5) is 24.3. The summed E-state index contributed by atoms with van der Waals surface area (Å²) in [5.74, 6) is -1.29. The summed E-state index contributed by atoms with van der Waals surface area (Å²) in [5.41, 5.74) is -1.05. The van der Waals surface area contributed by atoms with Gasteiger partial charge in [0.25, 0.3) is 0 Å². The van der Waals surface area contributed by atoms with Crippen LogP contribution < -0.4 is 0 Å². The highest BCUT2D eigenvalue weighted by Crippen LogP contribution is 2.29. The van der Waals surface area contributed by atoms with Crippen LogP contribution in [0, 0.1) is 0 Å². The highest BCUT2D eigenvalue weighted by Gasteiger charge is 2.46. The zero-order valence-electron chi connectivity index (χ0n) is 11.2. The van der Waals surface area contributed by atoms with Crippen molar-refractivity contribution in [3.63, 3.8) is 0 Å². The number of esters is 2. The van der Waals surface area contributed by atoms with Crippen LogP contribution in [-0.2, 0) is 24.5 Å². The van der Waals surface area contributed by atoms with Crippen molar-refractivity contribution in [1.29, 1.82) is 0 Å². The molecule has 1 aromatic carbocycles. The van der Waals surface area contributed by atoms with E-state index in [1.165, 1.54) is 6.92 Å². The normalized spacial score (nSPS) is 10.9.